The third kappa shape index (κ3) is 35.7. The van der Waals surface area contributed by atoms with E-state index in [0.717, 1.165) is 0 Å². The van der Waals surface area contributed by atoms with Gasteiger partial charge in [-0.2, -0.15) is 0 Å². The second-order valence-electron chi connectivity index (χ2n) is 5.95. The van der Waals surface area contributed by atoms with Crippen molar-refractivity contribution >= 4 is 236 Å². The van der Waals surface area contributed by atoms with Gasteiger partial charge < -0.3 is 97.8 Å². The standard InChI is InChI=1S/C6H12O6.5Ca.2H5O10P3/c7-1-2(8)4(10)6(12)5(11)3(1)9;;;;;;2*1-11(2,3)9-13(7,8)10-12(4,5)6/h1-12H;;;;;;2*(H,7,8)(H2,1,2,3)(H2,4,5,6)/q;5*+2;;/p-10. The summed E-state index contributed by atoms with van der Waals surface area (Å²) in [5, 5.41) is 53.8. The molecule has 0 saturated heterocycles. The van der Waals surface area contributed by atoms with Crippen molar-refractivity contribution in [2.24, 2.45) is 0 Å². The summed E-state index contributed by atoms with van der Waals surface area (Å²) in [5.74, 6) is 0. The van der Waals surface area contributed by atoms with Crippen molar-refractivity contribution < 1.29 is 124 Å². The Hall–Kier alpha value is 6.88. The van der Waals surface area contributed by atoms with E-state index in [4.69, 9.17) is 30.6 Å². The van der Waals surface area contributed by atoms with Crippen LogP contribution in [0.1, 0.15) is 0 Å². The van der Waals surface area contributed by atoms with Crippen molar-refractivity contribution in [3.8, 4) is 0 Å². The summed E-state index contributed by atoms with van der Waals surface area (Å²) in [6.45, 7) is 0. The first-order valence-corrected chi connectivity index (χ1v) is 16.7. The van der Waals surface area contributed by atoms with E-state index in [0.29, 0.717) is 0 Å². The van der Waals surface area contributed by atoms with E-state index in [9.17, 15) is 76.3 Å². The Morgan fingerprint density at radius 2 is 0.419 bits per heavy atom. The number of phosphoric acid groups is 6. The average Bonchev–Trinajstić information content (AvgIpc) is 2.55. The van der Waals surface area contributed by atoms with Crippen molar-refractivity contribution in [2.75, 3.05) is 0 Å². The van der Waals surface area contributed by atoms with Gasteiger partial charge in [-0.25, -0.2) is 0 Å². The van der Waals surface area contributed by atoms with Gasteiger partial charge >= 0.3 is 189 Å². The van der Waals surface area contributed by atoms with E-state index in [1.54, 1.807) is 0 Å². The summed E-state index contributed by atoms with van der Waals surface area (Å²) in [4.78, 5) is 97.3. The second-order valence-corrected chi connectivity index (χ2v) is 13.9. The first-order chi connectivity index (χ1) is 16.3. The van der Waals surface area contributed by atoms with E-state index in [1.165, 1.54) is 0 Å². The van der Waals surface area contributed by atoms with Crippen LogP contribution in [0.25, 0.3) is 0 Å². The molecule has 0 bridgehead atoms. The molecular weight excluding hydrogens is 874 g/mol. The maximum absolute atomic E-state index is 10.1. The van der Waals surface area contributed by atoms with Crippen LogP contribution in [0, 0.1) is 0 Å². The molecule has 0 aromatic carbocycles. The van der Waals surface area contributed by atoms with Crippen molar-refractivity contribution in [3.63, 3.8) is 0 Å². The molecule has 1 aliphatic carbocycles. The van der Waals surface area contributed by atoms with E-state index in [2.05, 4.69) is 17.2 Å². The molecule has 43 heavy (non-hydrogen) atoms. The van der Waals surface area contributed by atoms with Crippen LogP contribution >= 0.6 is 46.9 Å². The van der Waals surface area contributed by atoms with E-state index in [1.807, 2.05) is 0 Å². The minimum atomic E-state index is -5.97. The van der Waals surface area contributed by atoms with Crippen molar-refractivity contribution in [3.05, 3.63) is 0 Å². The smallest absolute Gasteiger partial charge is 0.790 e. The fraction of sp³-hybridized carbons (Fsp3) is 1.00. The molecule has 6 N–H and O–H groups in total. The molecule has 1 saturated carbocycles. The zero-order valence-corrected chi connectivity index (χ0v) is 36.9. The quantitative estimate of drug-likeness (QED) is 0.0973. The van der Waals surface area contributed by atoms with E-state index in [-0.39, 0.29) is 189 Å². The zero-order chi connectivity index (χ0) is 31.3. The number of rotatable bonds is 8. The normalized spacial score (nSPS) is 24.3. The molecule has 0 radical (unpaired) electrons. The first kappa shape index (κ1) is 64.8. The molecule has 1 rings (SSSR count). The molecule has 0 heterocycles. The molecule has 0 aromatic heterocycles. The Bertz CT molecular complexity index is 873. The summed E-state index contributed by atoms with van der Waals surface area (Å²) in [6.07, 6.45) is -9.84. The molecule has 0 aromatic rings. The van der Waals surface area contributed by atoms with Gasteiger partial charge in [0.25, 0.3) is 15.6 Å². The van der Waals surface area contributed by atoms with Gasteiger partial charge in [-0.3, -0.25) is 26.4 Å². The van der Waals surface area contributed by atoms with Gasteiger partial charge in [0, 0.05) is 0 Å². The Kier molecular flexibility index (Phi) is 40.1. The summed E-state index contributed by atoms with van der Waals surface area (Å²) in [7, 11) is -35.8. The van der Waals surface area contributed by atoms with E-state index >= 15 is 0 Å². The second kappa shape index (κ2) is 26.6. The summed E-state index contributed by atoms with van der Waals surface area (Å²) in [5.41, 5.74) is 0. The Balaban J connectivity index is -0.0000000855. The predicted octanol–water partition coefficient (Wildman–Crippen LogP) is -13.4. The Labute approximate surface area is 389 Å². The molecule has 0 spiro atoms. The fourth-order valence-electron chi connectivity index (χ4n) is 1.73. The largest absolute Gasteiger partial charge is 2.00 e. The van der Waals surface area contributed by atoms with Gasteiger partial charge in [0.1, 0.15) is 36.6 Å². The van der Waals surface area contributed by atoms with Gasteiger partial charge in [-0.15, -0.1) is 0 Å². The number of hydrogen-bond donors (Lipinski definition) is 6. The third-order valence-corrected chi connectivity index (χ3v) is 9.30. The van der Waals surface area contributed by atoms with Crippen molar-refractivity contribution in [1.82, 2.24) is 0 Å². The van der Waals surface area contributed by atoms with Gasteiger partial charge in [0.05, 0.1) is 31.3 Å². The van der Waals surface area contributed by atoms with Crippen LogP contribution < -0.4 is 48.9 Å². The van der Waals surface area contributed by atoms with Crippen molar-refractivity contribution in [2.45, 2.75) is 36.6 Å². The Morgan fingerprint density at radius 1 is 0.326 bits per heavy atom. The predicted molar refractivity (Wildman–Crippen MR) is 115 cm³/mol. The van der Waals surface area contributed by atoms with E-state index < -0.39 is 83.6 Å². The van der Waals surface area contributed by atoms with Crippen LogP contribution in [0.4, 0.5) is 0 Å². The van der Waals surface area contributed by atoms with Crippen LogP contribution in [-0.4, -0.2) is 256 Å². The molecule has 1 aliphatic rings. The molecule has 1 fully saturated rings. The van der Waals surface area contributed by atoms with Gasteiger partial charge in [-0.1, -0.05) is 0 Å². The number of aliphatic hydroxyl groups excluding tert-OH is 6. The van der Waals surface area contributed by atoms with Crippen LogP contribution in [0.3, 0.4) is 0 Å². The topological polar surface area (TPSA) is 491 Å². The molecule has 0 unspecified atom stereocenters. The fourth-order valence-corrected chi connectivity index (χ4v) is 6.43. The molecular formula is C6H12Ca5O26P6. The van der Waals surface area contributed by atoms with Crippen molar-refractivity contribution in [1.29, 1.82) is 0 Å². The molecule has 232 valence electrons. The monoisotopic (exact) mass is 886 g/mol. The van der Waals surface area contributed by atoms with Gasteiger partial charge in [0.15, 0.2) is 0 Å². The zero-order valence-electron chi connectivity index (χ0n) is 20.5. The molecule has 0 atom stereocenters. The number of aliphatic hydroxyl groups is 6. The molecule has 26 nitrogen and oxygen atoms in total. The summed E-state index contributed by atoms with van der Waals surface area (Å²) in [6, 6.07) is 0. The SMILES string of the molecule is O=P([O-])([O-])OP(=O)([O-])OP(=O)([O-])[O-].O=P([O-])([O-])OP(=O)([O-])OP(=O)([O-])[O-].OC1C(O)C(O)C(O)C(O)C1O.[Ca+2].[Ca+2].[Ca+2].[Ca+2].[Ca+2]. The maximum Gasteiger partial charge on any atom is 2.00 e. The average molecular weight is 886 g/mol. The maximum atomic E-state index is 10.1. The third-order valence-electron chi connectivity index (χ3n) is 2.90. The van der Waals surface area contributed by atoms with Crippen LogP contribution in [-0.2, 0) is 44.6 Å². The number of hydrogen-bond acceptors (Lipinski definition) is 26. The van der Waals surface area contributed by atoms with Crippen LogP contribution in [0.5, 0.6) is 0 Å². The molecule has 0 amide bonds. The van der Waals surface area contributed by atoms with Crippen LogP contribution in [0.15, 0.2) is 0 Å². The molecule has 0 aliphatic heterocycles. The van der Waals surface area contributed by atoms with Gasteiger partial charge in [-0.05, 0) is 0 Å². The summed E-state index contributed by atoms with van der Waals surface area (Å²) < 4.78 is 69.4. The first-order valence-electron chi connectivity index (χ1n) is 7.93. The van der Waals surface area contributed by atoms with Gasteiger partial charge in [0.2, 0.25) is 0 Å². The molecule has 37 heteroatoms. The minimum absolute atomic E-state index is 0. The summed E-state index contributed by atoms with van der Waals surface area (Å²) >= 11 is 0. The Morgan fingerprint density at radius 3 is 0.488 bits per heavy atom. The van der Waals surface area contributed by atoms with Crippen LogP contribution in [0.2, 0.25) is 0 Å². The minimum Gasteiger partial charge on any atom is -0.790 e.